The van der Waals surface area contributed by atoms with E-state index in [9.17, 15) is 14.4 Å². The summed E-state index contributed by atoms with van der Waals surface area (Å²) < 4.78 is 0. The van der Waals surface area contributed by atoms with E-state index >= 15 is 0 Å². The molecular weight excluding hydrogens is 494 g/mol. The van der Waals surface area contributed by atoms with E-state index in [-0.39, 0.29) is 50.1 Å². The first-order chi connectivity index (χ1) is 11.3. The number of hydrogen-bond acceptors (Lipinski definition) is 4. The zero-order chi connectivity index (χ0) is 18.0. The van der Waals surface area contributed by atoms with Gasteiger partial charge in [-0.2, -0.15) is 0 Å². The fourth-order valence-electron chi connectivity index (χ4n) is 2.50. The monoisotopic (exact) mass is 520 g/mol. The summed E-state index contributed by atoms with van der Waals surface area (Å²) in [7, 11) is 0. The maximum Gasteiger partial charge on any atom is 0.321 e. The summed E-state index contributed by atoms with van der Waals surface area (Å²) >= 11 is 0. The quantitative estimate of drug-likeness (QED) is 0.453. The molecule has 0 atom stereocenters. The molecule has 0 aromatic carbocycles. The predicted octanol–water partition coefficient (Wildman–Crippen LogP) is 1.57. The van der Waals surface area contributed by atoms with Crippen molar-refractivity contribution in [1.82, 2.24) is 20.6 Å². The number of carbonyl (C=O) groups excluding carboxylic acids is 2. The van der Waals surface area contributed by atoms with Crippen molar-refractivity contribution < 1.29 is 30.7 Å². The van der Waals surface area contributed by atoms with Gasteiger partial charge in [-0.15, -0.1) is 0 Å². The number of nitrogens with one attached hydrogen (secondary N) is 4. The van der Waals surface area contributed by atoms with E-state index in [1.165, 1.54) is 18.7 Å². The summed E-state index contributed by atoms with van der Waals surface area (Å²) in [5, 5.41) is 7.95. The first-order valence-corrected chi connectivity index (χ1v) is 8.09. The molecule has 1 fully saturated rings. The SMILES string of the molecule is CC1(NC(=O)Nc2nccc(=O)[nH]2)CCCCC1.[CH2-]C(=O)NCC.[W]. The Kier molecular flexibility index (Phi) is 10.8. The van der Waals surface area contributed by atoms with Crippen LogP contribution in [-0.4, -0.2) is 34.0 Å². The third-order valence-corrected chi connectivity index (χ3v) is 3.65. The van der Waals surface area contributed by atoms with Gasteiger partial charge < -0.3 is 22.4 Å². The van der Waals surface area contributed by atoms with E-state index in [4.69, 9.17) is 0 Å². The molecule has 3 amide bonds. The molecule has 4 N–H and O–H groups in total. The van der Waals surface area contributed by atoms with Gasteiger partial charge in [0.15, 0.2) is 0 Å². The number of H-pyrrole nitrogens is 1. The molecule has 0 aliphatic heterocycles. The van der Waals surface area contributed by atoms with Gasteiger partial charge >= 0.3 is 6.03 Å². The number of nitrogens with zero attached hydrogens (tertiary/aromatic N) is 1. The minimum absolute atomic E-state index is 0. The molecule has 1 aliphatic rings. The van der Waals surface area contributed by atoms with Crippen LogP contribution in [-0.2, 0) is 25.9 Å². The van der Waals surface area contributed by atoms with Crippen molar-refractivity contribution in [3.8, 4) is 0 Å². The van der Waals surface area contributed by atoms with Crippen LogP contribution in [0.5, 0.6) is 0 Å². The Balaban J connectivity index is 0.000000715. The van der Waals surface area contributed by atoms with Gasteiger partial charge in [0.05, 0.1) is 5.91 Å². The van der Waals surface area contributed by atoms with Gasteiger partial charge in [-0.05, 0) is 26.7 Å². The number of aromatic amines is 1. The predicted molar refractivity (Wildman–Crippen MR) is 92.5 cm³/mol. The molecule has 2 rings (SSSR count). The average Bonchev–Trinajstić information content (AvgIpc) is 2.47. The molecule has 0 saturated heterocycles. The average molecular weight is 520 g/mol. The van der Waals surface area contributed by atoms with Gasteiger partial charge in [0.25, 0.3) is 5.56 Å². The molecule has 1 aromatic rings. The van der Waals surface area contributed by atoms with Crippen LogP contribution in [0.2, 0.25) is 0 Å². The third-order valence-electron chi connectivity index (χ3n) is 3.65. The summed E-state index contributed by atoms with van der Waals surface area (Å²) in [6.07, 6.45) is 6.83. The van der Waals surface area contributed by atoms with Crippen molar-refractivity contribution in [1.29, 1.82) is 0 Å². The van der Waals surface area contributed by atoms with Crippen molar-refractivity contribution in [2.45, 2.75) is 51.5 Å². The number of urea groups is 1. The van der Waals surface area contributed by atoms with E-state index in [2.05, 4.69) is 32.8 Å². The van der Waals surface area contributed by atoms with E-state index in [0.717, 1.165) is 25.7 Å². The molecule has 8 nitrogen and oxygen atoms in total. The number of amides is 3. The fourth-order valence-corrected chi connectivity index (χ4v) is 2.50. The number of carbonyl (C=O) groups is 2. The number of aromatic nitrogens is 2. The van der Waals surface area contributed by atoms with Gasteiger partial charge in [-0.3, -0.25) is 15.1 Å². The second-order valence-corrected chi connectivity index (χ2v) is 5.94. The van der Waals surface area contributed by atoms with E-state index in [1.807, 2.05) is 13.8 Å². The van der Waals surface area contributed by atoms with Gasteiger partial charge in [0, 0.05) is 45.4 Å². The molecule has 0 bridgehead atoms. The smallest absolute Gasteiger partial charge is 0.321 e. The second kappa shape index (κ2) is 11.7. The maximum atomic E-state index is 11.8. The van der Waals surface area contributed by atoms with Crippen LogP contribution in [0, 0.1) is 6.92 Å². The molecule has 0 spiro atoms. The Morgan fingerprint density at radius 1 is 1.32 bits per heavy atom. The van der Waals surface area contributed by atoms with Gasteiger partial charge in [0.1, 0.15) is 0 Å². The third kappa shape index (κ3) is 9.92. The Hall–Kier alpha value is -1.82. The van der Waals surface area contributed by atoms with Crippen LogP contribution in [0.4, 0.5) is 10.7 Å². The zero-order valence-corrected chi connectivity index (χ0v) is 17.6. The van der Waals surface area contributed by atoms with Crippen LogP contribution in [0.1, 0.15) is 46.0 Å². The minimum atomic E-state index is -0.325. The van der Waals surface area contributed by atoms with Crippen LogP contribution in [0.3, 0.4) is 0 Å². The second-order valence-electron chi connectivity index (χ2n) is 5.94. The molecular formula is C16H26N5O3W-. The number of anilines is 1. The van der Waals surface area contributed by atoms with Crippen LogP contribution >= 0.6 is 0 Å². The van der Waals surface area contributed by atoms with Crippen molar-refractivity contribution >= 4 is 17.9 Å². The molecule has 25 heavy (non-hydrogen) atoms. The molecule has 1 saturated carbocycles. The molecule has 140 valence electrons. The Labute approximate surface area is 162 Å². The summed E-state index contributed by atoms with van der Waals surface area (Å²) in [5.41, 5.74) is -0.443. The molecule has 1 aliphatic carbocycles. The summed E-state index contributed by atoms with van der Waals surface area (Å²) in [6, 6.07) is 0.972. The maximum absolute atomic E-state index is 11.8. The first-order valence-electron chi connectivity index (χ1n) is 8.09. The fraction of sp³-hybridized carbons (Fsp3) is 0.562. The number of hydrogen-bond donors (Lipinski definition) is 4. The summed E-state index contributed by atoms with van der Waals surface area (Å²) in [5.74, 6) is -0.0445. The molecule has 0 radical (unpaired) electrons. The topological polar surface area (TPSA) is 116 Å². The Morgan fingerprint density at radius 3 is 2.44 bits per heavy atom. The van der Waals surface area contributed by atoms with Gasteiger partial charge in [-0.25, -0.2) is 9.78 Å². The van der Waals surface area contributed by atoms with Crippen LogP contribution in [0.15, 0.2) is 17.1 Å². The van der Waals surface area contributed by atoms with Gasteiger partial charge in [-0.1, -0.05) is 19.3 Å². The van der Waals surface area contributed by atoms with Crippen molar-refractivity contribution in [3.05, 3.63) is 29.5 Å². The van der Waals surface area contributed by atoms with Crippen molar-refractivity contribution in [3.63, 3.8) is 0 Å². The normalized spacial score (nSPS) is 14.8. The van der Waals surface area contributed by atoms with Crippen LogP contribution < -0.4 is 21.5 Å². The van der Waals surface area contributed by atoms with E-state index in [1.54, 1.807) is 0 Å². The number of rotatable bonds is 3. The van der Waals surface area contributed by atoms with Crippen LogP contribution in [0.25, 0.3) is 0 Å². The Morgan fingerprint density at radius 2 is 1.96 bits per heavy atom. The molecule has 1 aromatic heterocycles. The molecule has 9 heteroatoms. The van der Waals surface area contributed by atoms with Gasteiger partial charge in [0.2, 0.25) is 5.95 Å². The van der Waals surface area contributed by atoms with E-state index < -0.39 is 0 Å². The standard InChI is InChI=1S/C12H18N4O2.C4H8NO.W/c1-12(6-3-2-4-7-12)16-11(18)15-10-13-8-5-9(17)14-10;1-3-5-4(2)6;/h5,8H,2-4,6-7H2,1H3,(H3,13,14,15,16,17,18);2-3H2,1H3,(H,5,6);/q;-1;. The minimum Gasteiger partial charge on any atom is -0.381 e. The zero-order valence-electron chi connectivity index (χ0n) is 14.7. The molecule has 1 heterocycles. The first kappa shape index (κ1) is 23.2. The van der Waals surface area contributed by atoms with Crippen molar-refractivity contribution in [2.24, 2.45) is 0 Å². The van der Waals surface area contributed by atoms with Crippen molar-refractivity contribution in [2.75, 3.05) is 11.9 Å². The Bertz CT molecular complexity index is 599. The summed E-state index contributed by atoms with van der Waals surface area (Å²) in [4.78, 5) is 39.0. The summed E-state index contributed by atoms with van der Waals surface area (Å²) in [6.45, 7) is 7.65. The largest absolute Gasteiger partial charge is 0.381 e. The van der Waals surface area contributed by atoms with E-state index in [0.29, 0.717) is 6.54 Å². The molecule has 0 unspecified atom stereocenters.